The number of hydrogen-bond acceptors (Lipinski definition) is 4. The molecule has 132 valence electrons. The van der Waals surface area contributed by atoms with Gasteiger partial charge in [0.25, 0.3) is 5.91 Å². The van der Waals surface area contributed by atoms with Gasteiger partial charge < -0.3 is 14.8 Å². The van der Waals surface area contributed by atoms with Gasteiger partial charge in [0.15, 0.2) is 18.1 Å². The predicted octanol–water partition coefficient (Wildman–Crippen LogP) is 4.19. The van der Waals surface area contributed by atoms with Crippen molar-refractivity contribution in [3.05, 3.63) is 52.0 Å². The third-order valence-corrected chi connectivity index (χ3v) is 3.76. The highest BCUT2D eigenvalue weighted by Gasteiger charge is 2.14. The summed E-state index contributed by atoms with van der Waals surface area (Å²) >= 11 is 6.14. The molecular formula is C19H20ClNO4. The molecule has 1 amide bonds. The molecule has 0 saturated heterocycles. The van der Waals surface area contributed by atoms with Crippen LogP contribution in [0.15, 0.2) is 30.3 Å². The van der Waals surface area contributed by atoms with E-state index in [1.54, 1.807) is 6.92 Å². The van der Waals surface area contributed by atoms with Crippen LogP contribution in [0.4, 0.5) is 5.69 Å². The lowest BCUT2D eigenvalue weighted by Crippen LogP contribution is -2.21. The Hall–Kier alpha value is -2.53. The molecule has 0 aliphatic carbocycles. The van der Waals surface area contributed by atoms with Gasteiger partial charge in [0.2, 0.25) is 0 Å². The van der Waals surface area contributed by atoms with Crippen molar-refractivity contribution in [2.24, 2.45) is 0 Å². The van der Waals surface area contributed by atoms with Crippen LogP contribution in [-0.4, -0.2) is 25.4 Å². The molecule has 0 bridgehead atoms. The second-order valence-corrected chi connectivity index (χ2v) is 5.94. The van der Waals surface area contributed by atoms with Crippen LogP contribution in [0.5, 0.6) is 11.5 Å². The van der Waals surface area contributed by atoms with Crippen LogP contribution in [-0.2, 0) is 4.79 Å². The van der Waals surface area contributed by atoms with E-state index in [0.29, 0.717) is 24.2 Å². The van der Waals surface area contributed by atoms with Gasteiger partial charge >= 0.3 is 0 Å². The minimum absolute atomic E-state index is 0.215. The van der Waals surface area contributed by atoms with Crippen molar-refractivity contribution in [1.29, 1.82) is 0 Å². The minimum Gasteiger partial charge on any atom is -0.490 e. The van der Waals surface area contributed by atoms with Gasteiger partial charge in [-0.2, -0.15) is 0 Å². The number of nitrogens with one attached hydrogen (secondary N) is 1. The number of ether oxygens (including phenoxy) is 2. The molecule has 0 saturated carbocycles. The number of aryl methyl sites for hydroxylation is 2. The molecule has 0 fully saturated rings. The quantitative estimate of drug-likeness (QED) is 0.751. The average molecular weight is 362 g/mol. The van der Waals surface area contributed by atoms with Crippen LogP contribution in [0, 0.1) is 13.8 Å². The highest BCUT2D eigenvalue weighted by Crippen LogP contribution is 2.36. The maximum atomic E-state index is 12.2. The van der Waals surface area contributed by atoms with E-state index in [1.807, 2.05) is 32.0 Å². The summed E-state index contributed by atoms with van der Waals surface area (Å²) in [5.41, 5.74) is 3.12. The smallest absolute Gasteiger partial charge is 0.262 e. The highest BCUT2D eigenvalue weighted by molar-refractivity contribution is 6.32. The van der Waals surface area contributed by atoms with Gasteiger partial charge in [0, 0.05) is 11.3 Å². The lowest BCUT2D eigenvalue weighted by atomic mass is 10.1. The number of benzene rings is 2. The van der Waals surface area contributed by atoms with E-state index in [1.165, 1.54) is 12.1 Å². The first kappa shape index (κ1) is 18.8. The van der Waals surface area contributed by atoms with Gasteiger partial charge in [0.05, 0.1) is 11.6 Å². The van der Waals surface area contributed by atoms with E-state index >= 15 is 0 Å². The summed E-state index contributed by atoms with van der Waals surface area (Å²) < 4.78 is 11.0. The molecule has 2 aromatic carbocycles. The highest BCUT2D eigenvalue weighted by atomic mass is 35.5. The Bertz CT molecular complexity index is 789. The van der Waals surface area contributed by atoms with Gasteiger partial charge in [-0.05, 0) is 50.1 Å². The summed E-state index contributed by atoms with van der Waals surface area (Å²) in [5.74, 6) is 0.258. The number of amides is 1. The van der Waals surface area contributed by atoms with Crippen LogP contribution in [0.2, 0.25) is 5.02 Å². The average Bonchev–Trinajstić information content (AvgIpc) is 2.57. The van der Waals surface area contributed by atoms with Crippen LogP contribution in [0.25, 0.3) is 0 Å². The molecule has 25 heavy (non-hydrogen) atoms. The molecule has 5 nitrogen and oxygen atoms in total. The zero-order valence-corrected chi connectivity index (χ0v) is 15.1. The summed E-state index contributed by atoms with van der Waals surface area (Å²) in [6, 6.07) is 8.80. The fourth-order valence-electron chi connectivity index (χ4n) is 2.25. The summed E-state index contributed by atoms with van der Waals surface area (Å²) in [6.07, 6.45) is 0.672. The molecule has 1 N–H and O–H groups in total. The summed E-state index contributed by atoms with van der Waals surface area (Å²) in [6.45, 7) is 5.82. The fourth-order valence-corrected chi connectivity index (χ4v) is 2.53. The summed E-state index contributed by atoms with van der Waals surface area (Å²) in [5, 5.41) is 3.03. The second-order valence-electron chi connectivity index (χ2n) is 5.54. The predicted molar refractivity (Wildman–Crippen MR) is 98.0 cm³/mol. The van der Waals surface area contributed by atoms with Crippen molar-refractivity contribution in [1.82, 2.24) is 0 Å². The molecular weight excluding hydrogens is 342 g/mol. The Kier molecular flexibility index (Phi) is 6.42. The van der Waals surface area contributed by atoms with E-state index in [9.17, 15) is 9.59 Å². The number of halogens is 1. The number of rotatable bonds is 7. The van der Waals surface area contributed by atoms with E-state index in [-0.39, 0.29) is 23.3 Å². The molecule has 2 rings (SSSR count). The monoisotopic (exact) mass is 361 g/mol. The molecule has 0 aliphatic heterocycles. The number of aldehydes is 1. The summed E-state index contributed by atoms with van der Waals surface area (Å²) in [4.78, 5) is 23.1. The van der Waals surface area contributed by atoms with Gasteiger partial charge in [-0.3, -0.25) is 9.59 Å². The van der Waals surface area contributed by atoms with Crippen molar-refractivity contribution in [3.63, 3.8) is 0 Å². The number of carbonyl (C=O) groups excluding carboxylic acids is 2. The van der Waals surface area contributed by atoms with Crippen molar-refractivity contribution in [2.75, 3.05) is 18.5 Å². The number of hydrogen-bond donors (Lipinski definition) is 1. The minimum atomic E-state index is -0.313. The third kappa shape index (κ3) is 4.97. The molecule has 0 radical (unpaired) electrons. The Balaban J connectivity index is 2.11. The Morgan fingerprint density at radius 1 is 1.20 bits per heavy atom. The van der Waals surface area contributed by atoms with Gasteiger partial charge in [-0.15, -0.1) is 0 Å². The van der Waals surface area contributed by atoms with Crippen LogP contribution in [0.1, 0.15) is 28.4 Å². The zero-order valence-electron chi connectivity index (χ0n) is 14.4. The SMILES string of the molecule is CCOc1cc(C=O)cc(Cl)c1OCC(=O)Nc1cc(C)ccc1C. The first-order valence-electron chi connectivity index (χ1n) is 7.86. The Morgan fingerprint density at radius 3 is 2.64 bits per heavy atom. The zero-order chi connectivity index (χ0) is 18.4. The molecule has 0 spiro atoms. The molecule has 0 heterocycles. The normalized spacial score (nSPS) is 10.2. The van der Waals surface area contributed by atoms with Gasteiger partial charge in [-0.25, -0.2) is 0 Å². The Morgan fingerprint density at radius 2 is 1.96 bits per heavy atom. The molecule has 6 heteroatoms. The standard InChI is InChI=1S/C19H20ClNO4/c1-4-24-17-9-14(10-22)8-15(20)19(17)25-11-18(23)21-16-7-12(2)5-6-13(16)3/h5-10H,4,11H2,1-3H3,(H,21,23). The van der Waals surface area contributed by atoms with Crippen molar-refractivity contribution in [2.45, 2.75) is 20.8 Å². The van der Waals surface area contributed by atoms with Crippen LogP contribution >= 0.6 is 11.6 Å². The summed E-state index contributed by atoms with van der Waals surface area (Å²) in [7, 11) is 0. The van der Waals surface area contributed by atoms with E-state index < -0.39 is 0 Å². The van der Waals surface area contributed by atoms with E-state index in [4.69, 9.17) is 21.1 Å². The first-order valence-corrected chi connectivity index (χ1v) is 8.23. The number of anilines is 1. The first-order chi connectivity index (χ1) is 11.9. The van der Waals surface area contributed by atoms with Gasteiger partial charge in [0.1, 0.15) is 6.29 Å². The van der Waals surface area contributed by atoms with Gasteiger partial charge in [-0.1, -0.05) is 23.7 Å². The molecule has 0 unspecified atom stereocenters. The maximum Gasteiger partial charge on any atom is 0.262 e. The van der Waals surface area contributed by atoms with Crippen LogP contribution < -0.4 is 14.8 Å². The second kappa shape index (κ2) is 8.53. The molecule has 2 aromatic rings. The molecule has 0 aromatic heterocycles. The van der Waals surface area contributed by atoms with Crippen LogP contribution in [0.3, 0.4) is 0 Å². The van der Waals surface area contributed by atoms with Crippen molar-refractivity contribution < 1.29 is 19.1 Å². The Labute approximate surface area is 151 Å². The topological polar surface area (TPSA) is 64.6 Å². The molecule has 0 aliphatic rings. The largest absolute Gasteiger partial charge is 0.490 e. The fraction of sp³-hybridized carbons (Fsp3) is 0.263. The third-order valence-electron chi connectivity index (χ3n) is 3.48. The lowest BCUT2D eigenvalue weighted by molar-refractivity contribution is -0.118. The van der Waals surface area contributed by atoms with Crippen molar-refractivity contribution in [3.8, 4) is 11.5 Å². The maximum absolute atomic E-state index is 12.2. The van der Waals surface area contributed by atoms with E-state index in [2.05, 4.69) is 5.32 Å². The molecule has 0 atom stereocenters. The lowest BCUT2D eigenvalue weighted by Gasteiger charge is -2.14. The number of carbonyl (C=O) groups is 2. The van der Waals surface area contributed by atoms with Crippen molar-refractivity contribution >= 4 is 29.5 Å². The van der Waals surface area contributed by atoms with E-state index in [0.717, 1.165) is 16.8 Å².